The van der Waals surface area contributed by atoms with Crippen LogP contribution in [0.3, 0.4) is 0 Å². The van der Waals surface area contributed by atoms with Crippen molar-refractivity contribution in [3.8, 4) is 0 Å². The van der Waals surface area contributed by atoms with Crippen LogP contribution in [0.5, 0.6) is 0 Å². The van der Waals surface area contributed by atoms with E-state index in [1.54, 1.807) is 7.11 Å². The van der Waals surface area contributed by atoms with E-state index < -0.39 is 0 Å². The molecule has 0 aromatic heterocycles. The first kappa shape index (κ1) is 15.5. The first-order valence-corrected chi connectivity index (χ1v) is 7.07. The van der Waals surface area contributed by atoms with E-state index in [-0.39, 0.29) is 0 Å². The fraction of sp³-hybridized carbons (Fsp3) is 0.571. The zero-order valence-electron chi connectivity index (χ0n) is 11.4. The van der Waals surface area contributed by atoms with Gasteiger partial charge >= 0.3 is 0 Å². The number of nitrogens with zero attached hydrogens (tertiary/aromatic N) is 1. The SMILES string of the molecule is COCCN(Cc1ccc(N)cc1Br)CC(C)C. The molecule has 0 fully saturated rings. The summed E-state index contributed by atoms with van der Waals surface area (Å²) in [7, 11) is 1.74. The summed E-state index contributed by atoms with van der Waals surface area (Å²) in [6.07, 6.45) is 0. The van der Waals surface area contributed by atoms with Gasteiger partial charge in [0.15, 0.2) is 0 Å². The maximum Gasteiger partial charge on any atom is 0.0589 e. The van der Waals surface area contributed by atoms with Crippen molar-refractivity contribution in [1.29, 1.82) is 0 Å². The highest BCUT2D eigenvalue weighted by Gasteiger charge is 2.10. The molecule has 102 valence electrons. The molecule has 0 aliphatic carbocycles. The van der Waals surface area contributed by atoms with Gasteiger partial charge in [0.25, 0.3) is 0 Å². The predicted molar refractivity (Wildman–Crippen MR) is 80.5 cm³/mol. The minimum Gasteiger partial charge on any atom is -0.399 e. The summed E-state index contributed by atoms with van der Waals surface area (Å²) in [6, 6.07) is 5.99. The van der Waals surface area contributed by atoms with Crippen LogP contribution in [0.15, 0.2) is 22.7 Å². The van der Waals surface area contributed by atoms with Crippen molar-refractivity contribution in [3.63, 3.8) is 0 Å². The highest BCUT2D eigenvalue weighted by atomic mass is 79.9. The van der Waals surface area contributed by atoms with Crippen molar-refractivity contribution in [1.82, 2.24) is 4.90 Å². The van der Waals surface area contributed by atoms with Crippen molar-refractivity contribution >= 4 is 21.6 Å². The normalized spacial score (nSPS) is 11.4. The summed E-state index contributed by atoms with van der Waals surface area (Å²) < 4.78 is 6.25. The van der Waals surface area contributed by atoms with Gasteiger partial charge in [-0.1, -0.05) is 35.8 Å². The molecule has 0 saturated carbocycles. The van der Waals surface area contributed by atoms with Crippen LogP contribution in [0, 0.1) is 5.92 Å². The predicted octanol–water partition coefficient (Wildman–Crippen LogP) is 3.14. The van der Waals surface area contributed by atoms with Crippen LogP contribution < -0.4 is 5.73 Å². The number of nitrogen functional groups attached to an aromatic ring is 1. The lowest BCUT2D eigenvalue weighted by molar-refractivity contribution is 0.136. The van der Waals surface area contributed by atoms with Gasteiger partial charge in [0, 0.05) is 36.9 Å². The molecule has 0 bridgehead atoms. The molecular formula is C14H23BrN2O. The molecule has 18 heavy (non-hydrogen) atoms. The fourth-order valence-corrected chi connectivity index (χ4v) is 2.43. The third kappa shape index (κ3) is 5.38. The van der Waals surface area contributed by atoms with Gasteiger partial charge in [-0.3, -0.25) is 4.90 Å². The Morgan fingerprint density at radius 1 is 1.39 bits per heavy atom. The molecule has 0 spiro atoms. The highest BCUT2D eigenvalue weighted by molar-refractivity contribution is 9.10. The molecule has 0 atom stereocenters. The van der Waals surface area contributed by atoms with Gasteiger partial charge in [0.05, 0.1) is 6.61 Å². The Kier molecular flexibility index (Phi) is 6.68. The summed E-state index contributed by atoms with van der Waals surface area (Å²) >= 11 is 3.57. The molecule has 4 heteroatoms. The van der Waals surface area contributed by atoms with Gasteiger partial charge in [-0.25, -0.2) is 0 Å². The van der Waals surface area contributed by atoms with Gasteiger partial charge < -0.3 is 10.5 Å². The Balaban J connectivity index is 2.68. The second-order valence-corrected chi connectivity index (χ2v) is 5.83. The van der Waals surface area contributed by atoms with Crippen molar-refractivity contribution < 1.29 is 4.74 Å². The Morgan fingerprint density at radius 2 is 2.11 bits per heavy atom. The molecule has 2 N–H and O–H groups in total. The quantitative estimate of drug-likeness (QED) is 0.786. The van der Waals surface area contributed by atoms with E-state index >= 15 is 0 Å². The van der Waals surface area contributed by atoms with E-state index in [4.69, 9.17) is 10.5 Å². The number of anilines is 1. The summed E-state index contributed by atoms with van der Waals surface area (Å²) in [4.78, 5) is 2.41. The fourth-order valence-electron chi connectivity index (χ4n) is 1.90. The first-order valence-electron chi connectivity index (χ1n) is 6.28. The number of halogens is 1. The molecule has 0 aliphatic rings. The lowest BCUT2D eigenvalue weighted by atomic mass is 10.1. The van der Waals surface area contributed by atoms with Gasteiger partial charge in [-0.05, 0) is 23.6 Å². The van der Waals surface area contributed by atoms with Crippen LogP contribution in [-0.2, 0) is 11.3 Å². The number of rotatable bonds is 7. The number of hydrogen-bond acceptors (Lipinski definition) is 3. The molecule has 1 aromatic rings. The Hall–Kier alpha value is -0.580. The monoisotopic (exact) mass is 314 g/mol. The van der Waals surface area contributed by atoms with Crippen molar-refractivity contribution in [3.05, 3.63) is 28.2 Å². The topological polar surface area (TPSA) is 38.5 Å². The third-order valence-electron chi connectivity index (χ3n) is 2.71. The zero-order valence-corrected chi connectivity index (χ0v) is 13.0. The molecule has 0 unspecified atom stereocenters. The average Bonchev–Trinajstić information content (AvgIpc) is 2.29. The smallest absolute Gasteiger partial charge is 0.0589 e. The van der Waals surface area contributed by atoms with Gasteiger partial charge in [0.1, 0.15) is 0 Å². The van der Waals surface area contributed by atoms with Crippen LogP contribution in [0.25, 0.3) is 0 Å². The second-order valence-electron chi connectivity index (χ2n) is 4.97. The van der Waals surface area contributed by atoms with Crippen molar-refractivity contribution in [2.45, 2.75) is 20.4 Å². The summed E-state index contributed by atoms with van der Waals surface area (Å²) in [5, 5.41) is 0. The van der Waals surface area contributed by atoms with E-state index in [0.29, 0.717) is 5.92 Å². The molecular weight excluding hydrogens is 292 g/mol. The number of nitrogens with two attached hydrogens (primary N) is 1. The third-order valence-corrected chi connectivity index (χ3v) is 3.44. The Bertz CT molecular complexity index is 369. The molecule has 0 saturated heterocycles. The number of ether oxygens (including phenoxy) is 1. The van der Waals surface area contributed by atoms with Crippen LogP contribution >= 0.6 is 15.9 Å². The highest BCUT2D eigenvalue weighted by Crippen LogP contribution is 2.21. The van der Waals surface area contributed by atoms with Gasteiger partial charge in [-0.15, -0.1) is 0 Å². The minimum atomic E-state index is 0.648. The maximum absolute atomic E-state index is 5.76. The Labute approximate surface area is 118 Å². The summed E-state index contributed by atoms with van der Waals surface area (Å²) in [5.74, 6) is 0.648. The molecule has 0 aliphatic heterocycles. The Morgan fingerprint density at radius 3 is 2.67 bits per heavy atom. The number of hydrogen-bond donors (Lipinski definition) is 1. The van der Waals surface area contributed by atoms with Gasteiger partial charge in [-0.2, -0.15) is 0 Å². The van der Waals surface area contributed by atoms with Crippen molar-refractivity contribution in [2.75, 3.05) is 32.5 Å². The van der Waals surface area contributed by atoms with E-state index in [2.05, 4.69) is 40.7 Å². The molecule has 1 rings (SSSR count). The standard InChI is InChI=1S/C14H23BrN2O/c1-11(2)9-17(6-7-18-3)10-12-4-5-13(16)8-14(12)15/h4-5,8,11H,6-7,9-10,16H2,1-3H3. The lowest BCUT2D eigenvalue weighted by Gasteiger charge is -2.24. The van der Waals surface area contributed by atoms with Crippen LogP contribution in [0.1, 0.15) is 19.4 Å². The summed E-state index contributed by atoms with van der Waals surface area (Å²) in [5.41, 5.74) is 7.81. The van der Waals surface area contributed by atoms with E-state index in [1.165, 1.54) is 5.56 Å². The molecule has 0 amide bonds. The average molecular weight is 315 g/mol. The molecule has 3 nitrogen and oxygen atoms in total. The van der Waals surface area contributed by atoms with E-state index in [1.807, 2.05) is 12.1 Å². The van der Waals surface area contributed by atoms with Crippen molar-refractivity contribution in [2.24, 2.45) is 5.92 Å². The molecule has 0 radical (unpaired) electrons. The zero-order chi connectivity index (χ0) is 13.5. The number of benzene rings is 1. The molecule has 1 aromatic carbocycles. The summed E-state index contributed by atoms with van der Waals surface area (Å²) in [6.45, 7) is 8.17. The minimum absolute atomic E-state index is 0.648. The second kappa shape index (κ2) is 7.77. The number of methoxy groups -OCH3 is 1. The lowest BCUT2D eigenvalue weighted by Crippen LogP contribution is -2.30. The molecule has 0 heterocycles. The van der Waals surface area contributed by atoms with Crippen LogP contribution in [-0.4, -0.2) is 31.7 Å². The van der Waals surface area contributed by atoms with Crippen LogP contribution in [0.2, 0.25) is 0 Å². The maximum atomic E-state index is 5.76. The van der Waals surface area contributed by atoms with Gasteiger partial charge in [0.2, 0.25) is 0 Å². The van der Waals surface area contributed by atoms with E-state index in [0.717, 1.165) is 36.4 Å². The van der Waals surface area contributed by atoms with Crippen LogP contribution in [0.4, 0.5) is 5.69 Å². The first-order chi connectivity index (χ1) is 8.52. The van der Waals surface area contributed by atoms with E-state index in [9.17, 15) is 0 Å². The largest absolute Gasteiger partial charge is 0.399 e.